The molecule has 23 heavy (non-hydrogen) atoms. The Morgan fingerprint density at radius 2 is 2.00 bits per heavy atom. The molecule has 0 bridgehead atoms. The van der Waals surface area contributed by atoms with Gasteiger partial charge in [0.2, 0.25) is 10.0 Å². The van der Waals surface area contributed by atoms with E-state index in [0.29, 0.717) is 28.9 Å². The number of nitrogens with zero attached hydrogens (tertiary/aromatic N) is 2. The largest absolute Gasteiger partial charge is 0.480 e. The molecule has 0 heterocycles. The van der Waals surface area contributed by atoms with Crippen molar-refractivity contribution in [3.63, 3.8) is 0 Å². The average Bonchev–Trinajstić information content (AvgIpc) is 2.44. The molecule has 0 atom stereocenters. The van der Waals surface area contributed by atoms with Crippen LogP contribution in [0.4, 0.5) is 13.2 Å². The highest BCUT2D eigenvalue weighted by Crippen LogP contribution is 2.32. The van der Waals surface area contributed by atoms with E-state index in [1.165, 1.54) is 6.07 Å². The minimum Gasteiger partial charge on any atom is -0.480 e. The van der Waals surface area contributed by atoms with Gasteiger partial charge in [0, 0.05) is 6.54 Å². The summed E-state index contributed by atoms with van der Waals surface area (Å²) >= 11 is 0. The second-order valence-electron chi connectivity index (χ2n) is 4.55. The molecule has 0 radical (unpaired) electrons. The highest BCUT2D eigenvalue weighted by Gasteiger charge is 2.34. The number of hydrogen-bond donors (Lipinski definition) is 1. The van der Waals surface area contributed by atoms with E-state index in [2.05, 4.69) is 0 Å². The van der Waals surface area contributed by atoms with Gasteiger partial charge in [-0.3, -0.25) is 4.79 Å². The van der Waals surface area contributed by atoms with E-state index in [0.717, 1.165) is 0 Å². The molecule has 126 valence electrons. The summed E-state index contributed by atoms with van der Waals surface area (Å²) in [5, 5.41) is 17.7. The van der Waals surface area contributed by atoms with Crippen molar-refractivity contribution in [2.45, 2.75) is 24.4 Å². The van der Waals surface area contributed by atoms with Crippen LogP contribution < -0.4 is 0 Å². The molecule has 0 aliphatic carbocycles. The third-order valence-electron chi connectivity index (χ3n) is 2.83. The first-order chi connectivity index (χ1) is 10.5. The van der Waals surface area contributed by atoms with Gasteiger partial charge < -0.3 is 5.11 Å². The Labute approximate surface area is 130 Å². The third kappa shape index (κ3) is 4.43. The number of hydrogen-bond acceptors (Lipinski definition) is 4. The van der Waals surface area contributed by atoms with Gasteiger partial charge >= 0.3 is 12.1 Å². The highest BCUT2D eigenvalue weighted by atomic mass is 32.2. The molecule has 0 saturated carbocycles. The van der Waals surface area contributed by atoms with E-state index in [-0.39, 0.29) is 6.54 Å². The van der Waals surface area contributed by atoms with E-state index in [1.807, 2.05) is 0 Å². The van der Waals surface area contributed by atoms with Crippen LogP contribution in [0.3, 0.4) is 0 Å². The van der Waals surface area contributed by atoms with Gasteiger partial charge in [-0.1, -0.05) is 6.92 Å². The minimum atomic E-state index is -4.72. The highest BCUT2D eigenvalue weighted by molar-refractivity contribution is 7.89. The maximum Gasteiger partial charge on any atom is 0.416 e. The molecule has 0 aromatic heterocycles. The monoisotopic (exact) mass is 350 g/mol. The van der Waals surface area contributed by atoms with E-state index in [4.69, 9.17) is 10.4 Å². The quantitative estimate of drug-likeness (QED) is 0.847. The van der Waals surface area contributed by atoms with Crippen molar-refractivity contribution in [2.75, 3.05) is 13.1 Å². The second kappa shape index (κ2) is 6.97. The molecule has 1 aromatic rings. The van der Waals surface area contributed by atoms with Gasteiger partial charge in [0.15, 0.2) is 0 Å². The van der Waals surface area contributed by atoms with Crippen molar-refractivity contribution in [3.8, 4) is 6.07 Å². The van der Waals surface area contributed by atoms with Crippen LogP contribution in [0.15, 0.2) is 23.1 Å². The first-order valence-electron chi connectivity index (χ1n) is 6.37. The van der Waals surface area contributed by atoms with Gasteiger partial charge in [-0.2, -0.15) is 22.7 Å². The zero-order valence-corrected chi connectivity index (χ0v) is 12.8. The van der Waals surface area contributed by atoms with Gasteiger partial charge in [-0.05, 0) is 24.6 Å². The van der Waals surface area contributed by atoms with E-state index in [9.17, 15) is 26.4 Å². The topological polar surface area (TPSA) is 98.5 Å². The molecular weight excluding hydrogens is 337 g/mol. The summed E-state index contributed by atoms with van der Waals surface area (Å²) in [6.07, 6.45) is -4.42. The lowest BCUT2D eigenvalue weighted by Crippen LogP contribution is -2.36. The summed E-state index contributed by atoms with van der Waals surface area (Å²) in [4.78, 5) is 10.1. The lowest BCUT2D eigenvalue weighted by molar-refractivity contribution is -0.138. The number of carbonyl (C=O) groups is 1. The van der Waals surface area contributed by atoms with Gasteiger partial charge in [0.1, 0.15) is 12.6 Å². The Kier molecular flexibility index (Phi) is 5.74. The molecule has 0 amide bonds. The zero-order chi connectivity index (χ0) is 17.8. The van der Waals surface area contributed by atoms with Crippen LogP contribution >= 0.6 is 0 Å². The van der Waals surface area contributed by atoms with Gasteiger partial charge in [0.05, 0.1) is 16.0 Å². The van der Waals surface area contributed by atoms with Crippen LogP contribution in [-0.4, -0.2) is 36.9 Å². The average molecular weight is 350 g/mol. The molecule has 0 saturated heterocycles. The number of rotatable bonds is 6. The van der Waals surface area contributed by atoms with Crippen LogP contribution in [0.2, 0.25) is 0 Å². The van der Waals surface area contributed by atoms with Crippen LogP contribution in [0, 0.1) is 11.3 Å². The number of nitriles is 1. The number of halogens is 3. The molecule has 0 aliphatic rings. The number of benzene rings is 1. The molecule has 1 N–H and O–H groups in total. The van der Waals surface area contributed by atoms with Crippen LogP contribution in [-0.2, 0) is 21.0 Å². The molecule has 1 rings (SSSR count). The number of aliphatic carboxylic acids is 1. The molecule has 0 unspecified atom stereocenters. The predicted octanol–water partition coefficient (Wildman–Crippen LogP) is 2.06. The molecule has 6 nitrogen and oxygen atoms in total. The number of carboxylic acid groups (broad SMARTS) is 1. The molecule has 1 aromatic carbocycles. The minimum absolute atomic E-state index is 0.138. The maximum absolute atomic E-state index is 12.6. The number of sulfonamides is 1. The summed E-state index contributed by atoms with van der Waals surface area (Å²) < 4.78 is 63.4. The first-order valence-corrected chi connectivity index (χ1v) is 7.81. The van der Waals surface area contributed by atoms with Crippen molar-refractivity contribution >= 4 is 16.0 Å². The van der Waals surface area contributed by atoms with E-state index < -0.39 is 44.7 Å². The van der Waals surface area contributed by atoms with Crippen molar-refractivity contribution in [1.29, 1.82) is 5.26 Å². The van der Waals surface area contributed by atoms with Gasteiger partial charge in [-0.25, -0.2) is 8.42 Å². The number of alkyl halides is 3. The third-order valence-corrected chi connectivity index (χ3v) is 4.73. The summed E-state index contributed by atoms with van der Waals surface area (Å²) in [5.41, 5.74) is -1.85. The Balaban J connectivity index is 3.42. The van der Waals surface area contributed by atoms with E-state index in [1.54, 1.807) is 6.92 Å². The molecule has 0 spiro atoms. The molecule has 0 fully saturated rings. The SMILES string of the molecule is CCCN(CC(=O)O)S(=O)(=O)c1ccc(C(F)(F)F)cc1C#N. The van der Waals surface area contributed by atoms with Gasteiger partial charge in [-0.15, -0.1) is 0 Å². The standard InChI is InChI=1S/C13H13F3N2O4S/c1-2-5-18(8-12(19)20)23(21,22)11-4-3-10(13(14,15)16)6-9(11)7-17/h3-4,6H,2,5,8H2,1H3,(H,19,20). The lowest BCUT2D eigenvalue weighted by Gasteiger charge is -2.20. The van der Waals surface area contributed by atoms with Crippen LogP contribution in [0.1, 0.15) is 24.5 Å². The fourth-order valence-electron chi connectivity index (χ4n) is 1.84. The number of carboxylic acids is 1. The summed E-state index contributed by atoms with van der Waals surface area (Å²) in [6.45, 7) is 0.630. The molecular formula is C13H13F3N2O4S. The fourth-order valence-corrected chi connectivity index (χ4v) is 3.45. The van der Waals surface area contributed by atoms with Crippen LogP contribution in [0.25, 0.3) is 0 Å². The van der Waals surface area contributed by atoms with Crippen molar-refractivity contribution in [2.24, 2.45) is 0 Å². The molecule has 0 aliphatic heterocycles. The van der Waals surface area contributed by atoms with Crippen LogP contribution in [0.5, 0.6) is 0 Å². The normalized spacial score (nSPS) is 12.2. The van der Waals surface area contributed by atoms with Crippen molar-refractivity contribution in [1.82, 2.24) is 4.31 Å². The first kappa shape index (κ1) is 18.9. The maximum atomic E-state index is 12.6. The Bertz CT molecular complexity index is 739. The van der Waals surface area contributed by atoms with Crippen molar-refractivity contribution in [3.05, 3.63) is 29.3 Å². The smallest absolute Gasteiger partial charge is 0.416 e. The predicted molar refractivity (Wildman–Crippen MR) is 72.8 cm³/mol. The Morgan fingerprint density at radius 3 is 2.43 bits per heavy atom. The summed E-state index contributed by atoms with van der Waals surface area (Å²) in [6, 6.07) is 3.05. The fraction of sp³-hybridized carbons (Fsp3) is 0.385. The van der Waals surface area contributed by atoms with Crippen molar-refractivity contribution < 1.29 is 31.5 Å². The van der Waals surface area contributed by atoms with E-state index >= 15 is 0 Å². The van der Waals surface area contributed by atoms with Gasteiger partial charge in [0.25, 0.3) is 0 Å². The Morgan fingerprint density at radius 1 is 1.39 bits per heavy atom. The zero-order valence-electron chi connectivity index (χ0n) is 12.0. The molecule has 10 heteroatoms. The lowest BCUT2D eigenvalue weighted by atomic mass is 10.1. The summed E-state index contributed by atoms with van der Waals surface area (Å²) in [7, 11) is -4.40. The second-order valence-corrected chi connectivity index (χ2v) is 6.46. The summed E-state index contributed by atoms with van der Waals surface area (Å²) in [5.74, 6) is -1.41. The Hall–Kier alpha value is -2.12.